The topological polar surface area (TPSA) is 17.1 Å². The quantitative estimate of drug-likeness (QED) is 0.135. The van der Waals surface area contributed by atoms with Gasteiger partial charge in [0.1, 0.15) is 7.14 Å². The van der Waals surface area contributed by atoms with Crippen LogP contribution in [0, 0.1) is 12.1 Å². The first-order valence-electron chi connectivity index (χ1n) is 9.80. The Morgan fingerprint density at radius 3 is 1.18 bits per heavy atom. The number of thiocarbonyl (C=S) groups is 1. The third-order valence-corrected chi connectivity index (χ3v) is 8.52. The zero-order valence-electron chi connectivity index (χ0n) is 18.0. The predicted octanol–water partition coefficient (Wildman–Crippen LogP) is 4.18. The summed E-state index contributed by atoms with van der Waals surface area (Å²) in [5.41, 5.74) is 2.04. The van der Waals surface area contributed by atoms with Gasteiger partial charge in [-0.1, -0.05) is 125 Å². The van der Waals surface area contributed by atoms with E-state index in [-0.39, 0.29) is 43.6 Å². The van der Waals surface area contributed by atoms with E-state index < -0.39 is 7.14 Å². The molecule has 0 N–H and O–H groups in total. The van der Waals surface area contributed by atoms with Gasteiger partial charge >= 0.3 is 27.3 Å². The van der Waals surface area contributed by atoms with Crippen molar-refractivity contribution in [2.24, 2.45) is 0 Å². The van der Waals surface area contributed by atoms with Crippen LogP contribution < -0.4 is 12.4 Å². The maximum Gasteiger partial charge on any atom is 2.00 e. The van der Waals surface area contributed by atoms with Crippen molar-refractivity contribution < 1.29 is 17.0 Å². The standard InChI is InChI=1S/C15H15OPS2.2C6H5.ClH.Pb/c16-17(15(18)19,11-13-7-3-1-4-8-13)12-14-9-5-2-6-10-14;2*1-2-4-6-5-3-1;;/h1-10H,11-12H2,(H,18,19);2*1-5H;1H;/q;;;;+2/p-2. The van der Waals surface area contributed by atoms with Gasteiger partial charge in [0, 0.05) is 12.3 Å². The van der Waals surface area contributed by atoms with Gasteiger partial charge in [-0.25, -0.2) is 0 Å². The minimum Gasteiger partial charge on any atom is -1.00 e. The molecule has 0 aromatic heterocycles. The average molecular weight is 702 g/mol. The minimum absolute atomic E-state index is 0. The number of halogens is 1. The van der Waals surface area contributed by atoms with E-state index in [0.717, 1.165) is 11.1 Å². The van der Waals surface area contributed by atoms with Crippen LogP contribution in [0.2, 0.25) is 0 Å². The molecule has 0 fully saturated rings. The van der Waals surface area contributed by atoms with Gasteiger partial charge in [-0.05, 0) is 23.3 Å². The molecule has 0 aliphatic carbocycles. The van der Waals surface area contributed by atoms with E-state index >= 15 is 0 Å². The second-order valence-corrected chi connectivity index (χ2v) is 11.1. The van der Waals surface area contributed by atoms with Crippen LogP contribution in [0.4, 0.5) is 0 Å². The third kappa shape index (κ3) is 13.8. The molecule has 0 aliphatic rings. The van der Waals surface area contributed by atoms with E-state index in [2.05, 4.69) is 12.1 Å². The van der Waals surface area contributed by atoms with E-state index in [4.69, 9.17) is 24.8 Å². The summed E-state index contributed by atoms with van der Waals surface area (Å²) < 4.78 is 13.2. The largest absolute Gasteiger partial charge is 2.00 e. The SMILES string of the molecule is O=P(Cc1ccccc1)(Cc1ccccc1)C(=S)[S-].[Cl-].[Pb+2].[c]1ccccc1.[c]1ccccc1. The fourth-order valence-corrected chi connectivity index (χ4v) is 5.37. The molecule has 0 atom stereocenters. The molecule has 0 saturated carbocycles. The van der Waals surface area contributed by atoms with Crippen molar-refractivity contribution in [3.05, 3.63) is 145 Å². The second kappa shape index (κ2) is 19.0. The molecule has 6 heteroatoms. The number of benzene rings is 4. The summed E-state index contributed by atoms with van der Waals surface area (Å²) in [6.07, 6.45) is 0.899. The summed E-state index contributed by atoms with van der Waals surface area (Å²) in [6.45, 7) is 0. The van der Waals surface area contributed by atoms with Gasteiger partial charge in [0.15, 0.2) is 0 Å². The van der Waals surface area contributed by atoms with Gasteiger partial charge in [-0.2, -0.15) is 0 Å². The molecule has 0 unspecified atom stereocenters. The maximum absolute atomic E-state index is 13.0. The molecular formula is C27H24ClOPPbS2. The van der Waals surface area contributed by atoms with Crippen LogP contribution in [-0.4, -0.2) is 31.2 Å². The Morgan fingerprint density at radius 1 is 0.667 bits per heavy atom. The molecule has 0 aliphatic heterocycles. The molecule has 1 nitrogen and oxygen atoms in total. The van der Waals surface area contributed by atoms with Crippen LogP contribution in [0.15, 0.2) is 121 Å². The van der Waals surface area contributed by atoms with Crippen LogP contribution in [-0.2, 0) is 29.5 Å². The molecule has 4 rings (SSSR count). The van der Waals surface area contributed by atoms with E-state index in [1.165, 1.54) is 0 Å². The smallest absolute Gasteiger partial charge is 1.00 e. The Kier molecular flexibility index (Phi) is 18.2. The van der Waals surface area contributed by atoms with Crippen molar-refractivity contribution in [1.29, 1.82) is 0 Å². The molecule has 0 bridgehead atoms. The van der Waals surface area contributed by atoms with Gasteiger partial charge in [0.25, 0.3) is 0 Å². The molecular weight excluding hydrogens is 678 g/mol. The Bertz CT molecular complexity index is 906. The van der Waals surface area contributed by atoms with Gasteiger partial charge in [0.05, 0.1) is 0 Å². The van der Waals surface area contributed by atoms with Crippen LogP contribution in [0.3, 0.4) is 0 Å². The first-order valence-corrected chi connectivity index (χ1v) is 12.7. The third-order valence-electron chi connectivity index (χ3n) is 4.11. The Balaban J connectivity index is 0.000000599. The molecule has 4 aromatic rings. The molecule has 0 amide bonds. The predicted molar refractivity (Wildman–Crippen MR) is 144 cm³/mol. The monoisotopic (exact) mass is 702 g/mol. The molecule has 0 spiro atoms. The van der Waals surface area contributed by atoms with Crippen molar-refractivity contribution in [3.63, 3.8) is 0 Å². The number of rotatable bonds is 5. The Hall–Kier alpha value is -1.37. The fourth-order valence-electron chi connectivity index (χ4n) is 2.63. The van der Waals surface area contributed by atoms with Crippen molar-refractivity contribution in [2.45, 2.75) is 12.3 Å². The Morgan fingerprint density at radius 2 is 0.970 bits per heavy atom. The van der Waals surface area contributed by atoms with Crippen LogP contribution in [0.5, 0.6) is 0 Å². The first-order chi connectivity index (χ1) is 15.1. The van der Waals surface area contributed by atoms with Crippen molar-refractivity contribution in [1.82, 2.24) is 0 Å². The summed E-state index contributed by atoms with van der Waals surface area (Å²) in [5, 5.41) is 0. The zero-order chi connectivity index (χ0) is 22.2. The summed E-state index contributed by atoms with van der Waals surface area (Å²) in [6, 6.07) is 44.5. The molecule has 33 heavy (non-hydrogen) atoms. The number of hydrogen-bond acceptors (Lipinski definition) is 3. The first kappa shape index (κ1) is 31.6. The Labute approximate surface area is 235 Å². The van der Waals surface area contributed by atoms with Gasteiger partial charge < -0.3 is 41.8 Å². The summed E-state index contributed by atoms with van der Waals surface area (Å²) in [5.74, 6) is 0. The molecule has 166 valence electrons. The summed E-state index contributed by atoms with van der Waals surface area (Å²) in [4.78, 5) is 0. The van der Waals surface area contributed by atoms with Crippen molar-refractivity contribution in [2.75, 3.05) is 0 Å². The second-order valence-electron chi connectivity index (χ2n) is 6.60. The average Bonchev–Trinajstić information content (AvgIpc) is 2.83. The van der Waals surface area contributed by atoms with E-state index in [1.807, 2.05) is 121 Å². The van der Waals surface area contributed by atoms with E-state index in [9.17, 15) is 4.57 Å². The van der Waals surface area contributed by atoms with E-state index in [1.54, 1.807) is 0 Å². The van der Waals surface area contributed by atoms with E-state index in [0.29, 0.717) is 12.3 Å². The van der Waals surface area contributed by atoms with Gasteiger partial charge in [-0.3, -0.25) is 0 Å². The summed E-state index contributed by atoms with van der Waals surface area (Å²) in [7, 11) is -2.69. The maximum atomic E-state index is 13.0. The van der Waals surface area contributed by atoms with Crippen LogP contribution in [0.25, 0.3) is 0 Å². The molecule has 4 radical (unpaired) electrons. The van der Waals surface area contributed by atoms with Gasteiger partial charge in [0.2, 0.25) is 0 Å². The molecule has 0 heterocycles. The zero-order valence-corrected chi connectivity index (χ0v) is 25.2. The van der Waals surface area contributed by atoms with Crippen molar-refractivity contribution >= 4 is 63.2 Å². The molecule has 4 aromatic carbocycles. The van der Waals surface area contributed by atoms with Gasteiger partial charge in [-0.15, -0.1) is 0 Å². The normalized spacial score (nSPS) is 9.33. The molecule has 0 saturated heterocycles. The fraction of sp³-hybridized carbons (Fsp3) is 0.0741. The van der Waals surface area contributed by atoms with Crippen LogP contribution >= 0.6 is 19.4 Å². The minimum atomic E-state index is -2.69. The summed E-state index contributed by atoms with van der Waals surface area (Å²) >= 11 is 10.2. The number of hydrogen-bond donors (Lipinski definition) is 0. The van der Waals surface area contributed by atoms with Crippen LogP contribution in [0.1, 0.15) is 11.1 Å². The van der Waals surface area contributed by atoms with Crippen molar-refractivity contribution in [3.8, 4) is 0 Å².